The fraction of sp³-hybridized carbons (Fsp3) is 0.615. The van der Waals surface area contributed by atoms with Gasteiger partial charge < -0.3 is 15.8 Å². The summed E-state index contributed by atoms with van der Waals surface area (Å²) in [5.74, 6) is 0.0346. The first-order chi connectivity index (χ1) is 9.61. The predicted molar refractivity (Wildman–Crippen MR) is 73.4 cm³/mol. The van der Waals surface area contributed by atoms with Crippen LogP contribution in [0.4, 0.5) is 5.82 Å². The molecule has 1 aromatic rings. The van der Waals surface area contributed by atoms with Crippen molar-refractivity contribution in [2.24, 2.45) is 5.73 Å². The highest BCUT2D eigenvalue weighted by Crippen LogP contribution is 2.24. The molecule has 0 radical (unpaired) electrons. The van der Waals surface area contributed by atoms with Crippen molar-refractivity contribution in [2.75, 3.05) is 25.0 Å². The number of amides is 1. The molecule has 0 spiro atoms. The van der Waals surface area contributed by atoms with Crippen LogP contribution in [-0.2, 0) is 4.74 Å². The van der Waals surface area contributed by atoms with Crippen molar-refractivity contribution in [2.45, 2.75) is 31.5 Å². The molecule has 3 heterocycles. The molecule has 7 nitrogen and oxygen atoms in total. The zero-order valence-electron chi connectivity index (χ0n) is 11.5. The first-order valence-electron chi connectivity index (χ1n) is 6.86. The smallest absolute Gasteiger partial charge is 0.268 e. The highest BCUT2D eigenvalue weighted by Gasteiger charge is 2.36. The highest BCUT2D eigenvalue weighted by molar-refractivity contribution is 5.90. The molecule has 0 saturated carbocycles. The van der Waals surface area contributed by atoms with Crippen LogP contribution < -0.4 is 11.1 Å². The van der Waals surface area contributed by atoms with Crippen molar-refractivity contribution in [1.82, 2.24) is 14.9 Å². The number of carbonyl (C=O) groups is 1. The monoisotopic (exact) mass is 277 g/mol. The van der Waals surface area contributed by atoms with Gasteiger partial charge in [-0.25, -0.2) is 4.98 Å². The molecule has 2 fully saturated rings. The fourth-order valence-electron chi connectivity index (χ4n) is 2.91. The van der Waals surface area contributed by atoms with Crippen molar-refractivity contribution in [1.29, 1.82) is 0 Å². The Morgan fingerprint density at radius 1 is 1.50 bits per heavy atom. The molecule has 2 aliphatic rings. The summed E-state index contributed by atoms with van der Waals surface area (Å²) < 4.78 is 5.68. The van der Waals surface area contributed by atoms with E-state index in [9.17, 15) is 4.79 Å². The lowest BCUT2D eigenvalue weighted by Gasteiger charge is -2.33. The molecule has 0 unspecified atom stereocenters. The number of nitrogens with two attached hydrogens (primary N) is 1. The van der Waals surface area contributed by atoms with Crippen LogP contribution in [0, 0.1) is 0 Å². The van der Waals surface area contributed by atoms with Crippen LogP contribution >= 0.6 is 0 Å². The molecule has 0 aliphatic carbocycles. The van der Waals surface area contributed by atoms with Gasteiger partial charge in [-0.2, -0.15) is 0 Å². The van der Waals surface area contributed by atoms with Gasteiger partial charge in [0.15, 0.2) is 0 Å². The van der Waals surface area contributed by atoms with Crippen LogP contribution in [0.5, 0.6) is 0 Å². The predicted octanol–water partition coefficient (Wildman–Crippen LogP) is -0.151. The van der Waals surface area contributed by atoms with Gasteiger partial charge in [-0.3, -0.25) is 14.7 Å². The third-order valence-corrected chi connectivity index (χ3v) is 3.83. The van der Waals surface area contributed by atoms with E-state index >= 15 is 0 Å². The Kier molecular flexibility index (Phi) is 3.54. The number of fused-ring (bicyclic) bond motifs is 1. The van der Waals surface area contributed by atoms with E-state index in [1.165, 1.54) is 6.20 Å². The summed E-state index contributed by atoms with van der Waals surface area (Å²) in [5, 5.41) is 3.33. The van der Waals surface area contributed by atoms with Gasteiger partial charge in [0.05, 0.1) is 25.1 Å². The van der Waals surface area contributed by atoms with Crippen LogP contribution in [-0.4, -0.2) is 58.7 Å². The van der Waals surface area contributed by atoms with E-state index in [1.54, 1.807) is 6.20 Å². The van der Waals surface area contributed by atoms with Gasteiger partial charge in [-0.1, -0.05) is 0 Å². The number of nitrogens with one attached hydrogen (secondary N) is 1. The van der Waals surface area contributed by atoms with Gasteiger partial charge in [0.1, 0.15) is 11.5 Å². The number of hydrogen-bond acceptors (Lipinski definition) is 6. The lowest BCUT2D eigenvalue weighted by Crippen LogP contribution is -2.45. The number of aromatic nitrogens is 2. The van der Waals surface area contributed by atoms with E-state index in [0.29, 0.717) is 24.0 Å². The topological polar surface area (TPSA) is 93.4 Å². The number of ether oxygens (including phenoxy) is 1. The number of primary amides is 1. The molecule has 20 heavy (non-hydrogen) atoms. The molecule has 3 N–H and O–H groups in total. The Morgan fingerprint density at radius 3 is 3.15 bits per heavy atom. The van der Waals surface area contributed by atoms with Crippen molar-refractivity contribution < 1.29 is 9.53 Å². The maximum atomic E-state index is 11.1. The number of carbonyl (C=O) groups excluding carboxylic acids is 1. The third-order valence-electron chi connectivity index (χ3n) is 3.83. The molecular weight excluding hydrogens is 258 g/mol. The van der Waals surface area contributed by atoms with Crippen molar-refractivity contribution in [3.63, 3.8) is 0 Å². The molecule has 1 amide bonds. The van der Waals surface area contributed by atoms with E-state index < -0.39 is 5.91 Å². The van der Waals surface area contributed by atoms with Crippen molar-refractivity contribution in [3.05, 3.63) is 18.1 Å². The fourth-order valence-corrected chi connectivity index (χ4v) is 2.91. The first kappa shape index (κ1) is 13.3. The summed E-state index contributed by atoms with van der Waals surface area (Å²) in [4.78, 5) is 21.7. The second kappa shape index (κ2) is 5.34. The molecule has 7 heteroatoms. The van der Waals surface area contributed by atoms with Crippen LogP contribution in [0.25, 0.3) is 0 Å². The second-order valence-electron chi connectivity index (χ2n) is 5.48. The van der Waals surface area contributed by atoms with Crippen LogP contribution in [0.3, 0.4) is 0 Å². The van der Waals surface area contributed by atoms with E-state index in [1.807, 2.05) is 0 Å². The number of nitrogens with zero attached hydrogens (tertiary/aromatic N) is 3. The quantitative estimate of drug-likeness (QED) is 0.798. The number of rotatable bonds is 3. The van der Waals surface area contributed by atoms with Crippen molar-refractivity contribution in [3.8, 4) is 0 Å². The summed E-state index contributed by atoms with van der Waals surface area (Å²) >= 11 is 0. The Hall–Kier alpha value is -1.73. The minimum Gasteiger partial charge on any atom is -0.376 e. The zero-order valence-corrected chi connectivity index (χ0v) is 11.5. The molecule has 0 bridgehead atoms. The summed E-state index contributed by atoms with van der Waals surface area (Å²) in [7, 11) is 0. The lowest BCUT2D eigenvalue weighted by atomic mass is 10.1. The largest absolute Gasteiger partial charge is 0.376 e. The average molecular weight is 277 g/mol. The Labute approximate surface area is 117 Å². The van der Waals surface area contributed by atoms with Crippen LogP contribution in [0.1, 0.15) is 23.8 Å². The van der Waals surface area contributed by atoms with Crippen molar-refractivity contribution >= 4 is 11.7 Å². The summed E-state index contributed by atoms with van der Waals surface area (Å²) in [6.07, 6.45) is 4.29. The maximum absolute atomic E-state index is 11.1. The van der Waals surface area contributed by atoms with Gasteiger partial charge in [-0.15, -0.1) is 0 Å². The number of hydrogen-bond donors (Lipinski definition) is 2. The number of anilines is 1. The molecule has 1 aromatic heterocycles. The second-order valence-corrected chi connectivity index (χ2v) is 5.48. The van der Waals surface area contributed by atoms with Gasteiger partial charge in [0, 0.05) is 25.2 Å². The molecule has 3 rings (SSSR count). The normalized spacial score (nSPS) is 29.9. The summed E-state index contributed by atoms with van der Waals surface area (Å²) in [6.45, 7) is 4.81. The zero-order chi connectivity index (χ0) is 14.1. The van der Waals surface area contributed by atoms with Gasteiger partial charge in [-0.05, 0) is 13.3 Å². The highest BCUT2D eigenvalue weighted by atomic mass is 16.5. The first-order valence-corrected chi connectivity index (χ1v) is 6.86. The van der Waals surface area contributed by atoms with E-state index in [0.717, 1.165) is 26.1 Å². The lowest BCUT2D eigenvalue weighted by molar-refractivity contribution is -0.0390. The van der Waals surface area contributed by atoms with Crippen LogP contribution in [0.15, 0.2) is 12.4 Å². The summed E-state index contributed by atoms with van der Waals surface area (Å²) in [5.41, 5.74) is 5.39. The average Bonchev–Trinajstić information content (AvgIpc) is 2.80. The molecule has 2 saturated heterocycles. The van der Waals surface area contributed by atoms with Crippen LogP contribution in [0.2, 0.25) is 0 Å². The molecule has 0 aromatic carbocycles. The SMILES string of the molecule is C[C@@H]1CN2C[C@H](Nc3cncc(C(N)=O)n3)C[C@H]2CO1. The summed E-state index contributed by atoms with van der Waals surface area (Å²) in [6, 6.07) is 0.766. The van der Waals surface area contributed by atoms with Gasteiger partial charge in [0.25, 0.3) is 5.91 Å². The van der Waals surface area contributed by atoms with E-state index in [2.05, 4.69) is 27.1 Å². The van der Waals surface area contributed by atoms with Gasteiger partial charge in [0.2, 0.25) is 0 Å². The third kappa shape index (κ3) is 2.73. The maximum Gasteiger partial charge on any atom is 0.268 e. The Bertz CT molecular complexity index is 509. The standard InChI is InChI=1S/C13H19N5O2/c1-8-5-18-6-9(2-10(18)7-20-8)16-12-4-15-3-11(17-12)13(14)19/h3-4,8-10H,2,5-7H2,1H3,(H2,14,19)(H,16,17)/t8-,9-,10+/m1/s1. The van der Waals surface area contributed by atoms with E-state index in [-0.39, 0.29) is 5.69 Å². The molecule has 2 aliphatic heterocycles. The molecule has 3 atom stereocenters. The van der Waals surface area contributed by atoms with E-state index in [4.69, 9.17) is 10.5 Å². The number of morpholine rings is 1. The minimum absolute atomic E-state index is 0.183. The molecular formula is C13H19N5O2. The van der Waals surface area contributed by atoms with Gasteiger partial charge >= 0.3 is 0 Å². The minimum atomic E-state index is -0.563. The molecule has 108 valence electrons. The Morgan fingerprint density at radius 2 is 2.35 bits per heavy atom. The Balaban J connectivity index is 1.64.